The van der Waals surface area contributed by atoms with Crippen molar-refractivity contribution in [2.45, 2.75) is 63.5 Å². The van der Waals surface area contributed by atoms with Gasteiger partial charge in [0, 0.05) is 46.7 Å². The Morgan fingerprint density at radius 3 is 2.66 bits per heavy atom. The molecule has 3 aliphatic carbocycles. The average molecular weight is 440 g/mol. The molecule has 0 unspecified atom stereocenters. The van der Waals surface area contributed by atoms with Crippen LogP contribution in [-0.2, 0) is 4.74 Å². The van der Waals surface area contributed by atoms with E-state index in [1.807, 2.05) is 13.0 Å². The third kappa shape index (κ3) is 5.02. The number of amides is 1. The molecule has 2 saturated carbocycles. The molecule has 5 N–H and O–H groups in total. The van der Waals surface area contributed by atoms with Crippen LogP contribution in [0.2, 0.25) is 0 Å². The third-order valence-corrected chi connectivity index (χ3v) is 6.09. The summed E-state index contributed by atoms with van der Waals surface area (Å²) in [7, 11) is 0. The molecule has 1 heterocycles. The molecule has 1 amide bonds. The Morgan fingerprint density at radius 1 is 1.22 bits per heavy atom. The summed E-state index contributed by atoms with van der Waals surface area (Å²) in [4.78, 5) is 13.0. The van der Waals surface area contributed by atoms with Gasteiger partial charge >= 0.3 is 11.6 Å². The Hall–Kier alpha value is -3.13. The highest BCUT2D eigenvalue weighted by molar-refractivity contribution is 6.10. The minimum Gasteiger partial charge on any atom is -0.492 e. The topological polar surface area (TPSA) is 119 Å². The van der Waals surface area contributed by atoms with Gasteiger partial charge in [0.25, 0.3) is 0 Å². The van der Waals surface area contributed by atoms with Gasteiger partial charge in [-0.2, -0.15) is 0 Å². The first-order valence-corrected chi connectivity index (χ1v) is 11.3. The zero-order valence-corrected chi connectivity index (χ0v) is 18.3. The molecule has 0 saturated heterocycles. The first kappa shape index (κ1) is 22.1. The number of hydrogen-bond donors (Lipinski definition) is 5. The molecule has 0 bridgehead atoms. The lowest BCUT2D eigenvalue weighted by Gasteiger charge is -2.26. The summed E-state index contributed by atoms with van der Waals surface area (Å²) in [5.74, 6) is 0.253. The summed E-state index contributed by atoms with van der Waals surface area (Å²) in [6.07, 6.45) is 10.2. The number of rotatable bonds is 7. The van der Waals surface area contributed by atoms with E-state index in [2.05, 4.69) is 10.6 Å². The number of ether oxygens (including phenoxy) is 1. The quantitative estimate of drug-likeness (QED) is 0.330. The lowest BCUT2D eigenvalue weighted by Crippen LogP contribution is -2.45. The minimum absolute atomic E-state index is 0.149. The fourth-order valence-corrected chi connectivity index (χ4v) is 4.10. The normalized spacial score (nSPS) is 24.6. The van der Waals surface area contributed by atoms with Gasteiger partial charge in [0.2, 0.25) is 5.69 Å². The average Bonchev–Trinajstić information content (AvgIpc) is 3.61. The standard InChI is InChI=1S/C24H30N4O4/c1-2-32-23-13-19(25)16(14-26-17-8-10-18(29)11-9-17)12-20(23)27-24(30)22-5-3-4-21(28(22)31)15-6-7-15/h3-5,12-15,17-18,25,29-31H,2,6-11H2,1H3/p+1/t17-,18+. The van der Waals surface area contributed by atoms with Crippen LogP contribution in [0.5, 0.6) is 0 Å². The summed E-state index contributed by atoms with van der Waals surface area (Å²) >= 11 is 0. The van der Waals surface area contributed by atoms with Gasteiger partial charge in [0.05, 0.1) is 24.1 Å². The predicted octanol–water partition coefficient (Wildman–Crippen LogP) is 2.43. The van der Waals surface area contributed by atoms with Crippen molar-refractivity contribution in [3.05, 3.63) is 65.0 Å². The lowest BCUT2D eigenvalue weighted by molar-refractivity contribution is -0.910. The third-order valence-electron chi connectivity index (χ3n) is 6.09. The van der Waals surface area contributed by atoms with E-state index in [-0.39, 0.29) is 23.6 Å². The number of aromatic nitrogens is 1. The smallest absolute Gasteiger partial charge is 0.325 e. The van der Waals surface area contributed by atoms with Crippen molar-refractivity contribution in [2.75, 3.05) is 6.61 Å². The fraction of sp³-hybridized carbons (Fsp3) is 0.458. The number of aliphatic hydroxyl groups excluding tert-OH is 1. The van der Waals surface area contributed by atoms with Gasteiger partial charge in [-0.1, -0.05) is 0 Å². The van der Waals surface area contributed by atoms with Crippen LogP contribution in [0.1, 0.15) is 67.5 Å². The van der Waals surface area contributed by atoms with Crippen molar-refractivity contribution in [3.8, 4) is 0 Å². The van der Waals surface area contributed by atoms with Crippen LogP contribution in [0, 0.1) is 5.41 Å². The fourth-order valence-electron chi connectivity index (χ4n) is 4.10. The summed E-state index contributed by atoms with van der Waals surface area (Å²) in [6, 6.07) is 5.43. The number of pyridine rings is 1. The molecular formula is C24H31N4O4+. The molecular weight excluding hydrogens is 408 g/mol. The Balaban J connectivity index is 1.52. The Labute approximate surface area is 187 Å². The summed E-state index contributed by atoms with van der Waals surface area (Å²) in [5, 5.41) is 34.7. The maximum atomic E-state index is 13.0. The summed E-state index contributed by atoms with van der Waals surface area (Å²) < 4.78 is 6.62. The molecule has 1 aromatic rings. The molecule has 0 aromatic carbocycles. The first-order valence-electron chi connectivity index (χ1n) is 11.3. The van der Waals surface area contributed by atoms with E-state index in [4.69, 9.17) is 10.1 Å². The Bertz CT molecular complexity index is 986. The number of aliphatic hydroxyl groups is 1. The largest absolute Gasteiger partial charge is 0.492 e. The van der Waals surface area contributed by atoms with E-state index >= 15 is 0 Å². The van der Waals surface area contributed by atoms with Crippen LogP contribution in [-0.4, -0.2) is 40.7 Å². The van der Waals surface area contributed by atoms with E-state index in [1.165, 1.54) is 0 Å². The molecule has 8 heteroatoms. The van der Waals surface area contributed by atoms with Crippen molar-refractivity contribution in [1.82, 2.24) is 10.6 Å². The van der Waals surface area contributed by atoms with Crippen LogP contribution in [0.3, 0.4) is 0 Å². The van der Waals surface area contributed by atoms with E-state index < -0.39 is 5.91 Å². The highest BCUT2D eigenvalue weighted by Crippen LogP contribution is 2.38. The van der Waals surface area contributed by atoms with Gasteiger partial charge in [-0.05, 0) is 57.6 Å². The molecule has 170 valence electrons. The molecule has 8 nitrogen and oxygen atoms in total. The van der Waals surface area contributed by atoms with Gasteiger partial charge in [-0.15, -0.1) is 0 Å². The van der Waals surface area contributed by atoms with E-state index in [0.29, 0.717) is 29.6 Å². The van der Waals surface area contributed by atoms with Crippen molar-refractivity contribution >= 4 is 11.6 Å². The van der Waals surface area contributed by atoms with Gasteiger partial charge in [-0.3, -0.25) is 10.0 Å². The number of allylic oxidation sites excluding steroid dienone is 3. The van der Waals surface area contributed by atoms with Crippen molar-refractivity contribution in [3.63, 3.8) is 0 Å². The molecule has 2 fully saturated rings. The molecule has 1 aromatic heterocycles. The second-order valence-corrected chi connectivity index (χ2v) is 8.56. The molecule has 0 radical (unpaired) electrons. The second kappa shape index (κ2) is 9.56. The summed E-state index contributed by atoms with van der Waals surface area (Å²) in [5.41, 5.74) is 2.23. The van der Waals surface area contributed by atoms with Crippen molar-refractivity contribution in [1.29, 1.82) is 5.41 Å². The number of hydrogen-bond acceptors (Lipinski definition) is 6. The Kier molecular flexibility index (Phi) is 6.60. The molecule has 3 aliphatic rings. The van der Waals surface area contributed by atoms with Crippen molar-refractivity contribution in [2.24, 2.45) is 0 Å². The van der Waals surface area contributed by atoms with Crippen molar-refractivity contribution < 1.29 is 24.6 Å². The second-order valence-electron chi connectivity index (χ2n) is 8.56. The highest BCUT2D eigenvalue weighted by Gasteiger charge is 2.36. The predicted molar refractivity (Wildman–Crippen MR) is 118 cm³/mol. The minimum atomic E-state index is -0.450. The number of nitrogens with zero attached hydrogens (tertiary/aromatic N) is 1. The molecule has 0 atom stereocenters. The van der Waals surface area contributed by atoms with Crippen LogP contribution in [0.15, 0.2) is 53.6 Å². The molecule has 32 heavy (non-hydrogen) atoms. The molecule has 0 spiro atoms. The van der Waals surface area contributed by atoms with Gasteiger partial charge in [0.15, 0.2) is 0 Å². The SMILES string of the molecule is CCOC1=CC(=N)/C(=C\N[C@H]2CC[C@@H](O)CC2)C=C1NC(=O)c1cccc(C2CC2)[n+]1O. The van der Waals surface area contributed by atoms with Crippen LogP contribution in [0.25, 0.3) is 0 Å². The molecule has 4 rings (SSSR count). The monoisotopic (exact) mass is 439 g/mol. The zero-order chi connectivity index (χ0) is 22.7. The summed E-state index contributed by atoms with van der Waals surface area (Å²) in [6.45, 7) is 2.24. The Morgan fingerprint density at radius 2 is 1.97 bits per heavy atom. The molecule has 0 aliphatic heterocycles. The van der Waals surface area contributed by atoms with Gasteiger partial charge in [-0.25, -0.2) is 0 Å². The van der Waals surface area contributed by atoms with Gasteiger partial charge < -0.3 is 25.9 Å². The lowest BCUT2D eigenvalue weighted by atomic mass is 9.93. The highest BCUT2D eigenvalue weighted by atomic mass is 16.5. The number of nitrogens with one attached hydrogen (secondary N) is 3. The first-order chi connectivity index (χ1) is 15.5. The van der Waals surface area contributed by atoms with E-state index in [1.54, 1.807) is 30.5 Å². The van der Waals surface area contributed by atoms with Crippen LogP contribution >= 0.6 is 0 Å². The van der Waals surface area contributed by atoms with Crippen LogP contribution < -0.4 is 15.4 Å². The van der Waals surface area contributed by atoms with Gasteiger partial charge in [0.1, 0.15) is 5.76 Å². The maximum absolute atomic E-state index is 13.0. The maximum Gasteiger partial charge on any atom is 0.325 e. The number of carbonyl (C=O) groups excluding carboxylic acids is 1. The van der Waals surface area contributed by atoms with Crippen LogP contribution in [0.4, 0.5) is 0 Å². The van der Waals surface area contributed by atoms with E-state index in [9.17, 15) is 15.1 Å². The zero-order valence-electron chi connectivity index (χ0n) is 18.3. The number of carbonyl (C=O) groups is 1. The van der Waals surface area contributed by atoms with E-state index in [0.717, 1.165) is 48.9 Å².